The van der Waals surface area contributed by atoms with Gasteiger partial charge in [0.1, 0.15) is 24.0 Å². The Morgan fingerprint density at radius 3 is 2.74 bits per heavy atom. The number of cyclic esters (lactones) is 1. The van der Waals surface area contributed by atoms with Gasteiger partial charge in [-0.3, -0.25) is 9.59 Å². The number of carbonyl (C=O) groups excluding carboxylic acids is 3. The maximum Gasteiger partial charge on any atom is 0.342 e. The average molecular weight is 426 g/mol. The Labute approximate surface area is 180 Å². The molecule has 1 aromatic rings. The van der Waals surface area contributed by atoms with E-state index in [-0.39, 0.29) is 35.0 Å². The molecule has 5 rings (SSSR count). The molecule has 164 valence electrons. The number of methoxy groups -OCH3 is 1. The standard InChI is InChI=1S/C24H26O7/c1-11-6-7-14-17-19(15(30-12(2)25)8-23(11,14)3)24(4)16(10-28-5)31-22(27)13-9-29-21(18(13)24)20(17)26/h9,14-16H,1,6-8,10H2,2-5H3/t14-,15+,16+,23+,24-/m0/s1. The lowest BCUT2D eigenvalue weighted by atomic mass is 9.54. The predicted octanol–water partition coefficient (Wildman–Crippen LogP) is 3.52. The smallest absolute Gasteiger partial charge is 0.342 e. The van der Waals surface area contributed by atoms with Gasteiger partial charge >= 0.3 is 11.9 Å². The molecule has 1 aliphatic heterocycles. The number of Topliss-reactive ketones (excluding diaryl/α,β-unsaturated/α-hetero) is 1. The molecular formula is C24H26O7. The maximum absolute atomic E-state index is 13.8. The normalized spacial score (nSPS) is 36.0. The number of ketones is 1. The van der Waals surface area contributed by atoms with Crippen LogP contribution in [0.1, 0.15) is 66.5 Å². The minimum Gasteiger partial charge on any atom is -0.460 e. The van der Waals surface area contributed by atoms with Crippen molar-refractivity contribution in [1.82, 2.24) is 0 Å². The first-order valence-corrected chi connectivity index (χ1v) is 10.6. The van der Waals surface area contributed by atoms with E-state index in [1.54, 1.807) is 0 Å². The molecule has 2 heterocycles. The molecule has 0 aromatic carbocycles. The lowest BCUT2D eigenvalue weighted by molar-refractivity contribution is -0.147. The second-order valence-electron chi connectivity index (χ2n) is 9.48. The Morgan fingerprint density at radius 1 is 1.32 bits per heavy atom. The van der Waals surface area contributed by atoms with Gasteiger partial charge in [0.15, 0.2) is 5.76 Å². The summed E-state index contributed by atoms with van der Waals surface area (Å²) < 4.78 is 22.7. The van der Waals surface area contributed by atoms with Gasteiger partial charge in [-0.25, -0.2) is 4.79 Å². The molecule has 0 saturated heterocycles. The van der Waals surface area contributed by atoms with Crippen molar-refractivity contribution in [2.45, 2.75) is 57.7 Å². The fourth-order valence-electron chi connectivity index (χ4n) is 6.41. The second kappa shape index (κ2) is 6.42. The largest absolute Gasteiger partial charge is 0.460 e. The molecule has 7 heteroatoms. The molecule has 4 aliphatic rings. The minimum absolute atomic E-state index is 0.0614. The molecule has 1 saturated carbocycles. The number of esters is 2. The molecule has 0 N–H and O–H groups in total. The summed E-state index contributed by atoms with van der Waals surface area (Å²) in [6.45, 7) is 9.81. The van der Waals surface area contributed by atoms with Crippen LogP contribution >= 0.6 is 0 Å². The van der Waals surface area contributed by atoms with Crippen LogP contribution < -0.4 is 0 Å². The highest BCUT2D eigenvalue weighted by Gasteiger charge is 2.63. The molecule has 0 bridgehead atoms. The number of hydrogen-bond acceptors (Lipinski definition) is 7. The molecule has 7 nitrogen and oxygen atoms in total. The van der Waals surface area contributed by atoms with Gasteiger partial charge < -0.3 is 18.6 Å². The Balaban J connectivity index is 1.82. The average Bonchev–Trinajstić information content (AvgIpc) is 3.27. The summed E-state index contributed by atoms with van der Waals surface area (Å²) in [6.07, 6.45) is 2.12. The summed E-state index contributed by atoms with van der Waals surface area (Å²) in [5, 5.41) is 0. The molecule has 0 amide bonds. The van der Waals surface area contributed by atoms with E-state index < -0.39 is 29.6 Å². The van der Waals surface area contributed by atoms with Crippen LogP contribution in [0.15, 0.2) is 34.0 Å². The lowest BCUT2D eigenvalue weighted by Gasteiger charge is -2.52. The highest BCUT2D eigenvalue weighted by Crippen LogP contribution is 2.63. The van der Waals surface area contributed by atoms with Crippen LogP contribution in [0.3, 0.4) is 0 Å². The molecule has 0 unspecified atom stereocenters. The first-order chi connectivity index (χ1) is 14.6. The van der Waals surface area contributed by atoms with Crippen molar-refractivity contribution in [3.8, 4) is 0 Å². The van der Waals surface area contributed by atoms with E-state index in [9.17, 15) is 14.4 Å². The molecule has 0 spiro atoms. The van der Waals surface area contributed by atoms with E-state index in [0.29, 0.717) is 17.6 Å². The second-order valence-corrected chi connectivity index (χ2v) is 9.48. The zero-order valence-corrected chi connectivity index (χ0v) is 18.2. The lowest BCUT2D eigenvalue weighted by Crippen LogP contribution is -2.57. The Bertz CT molecular complexity index is 1080. The van der Waals surface area contributed by atoms with E-state index in [2.05, 4.69) is 13.5 Å². The molecule has 1 fully saturated rings. The molecular weight excluding hydrogens is 400 g/mol. The van der Waals surface area contributed by atoms with Gasteiger partial charge in [0.05, 0.1) is 12.0 Å². The molecule has 3 aliphatic carbocycles. The van der Waals surface area contributed by atoms with Gasteiger partial charge in [0.25, 0.3) is 0 Å². The van der Waals surface area contributed by atoms with E-state index in [1.807, 2.05) is 6.92 Å². The highest BCUT2D eigenvalue weighted by molar-refractivity contribution is 6.13. The predicted molar refractivity (Wildman–Crippen MR) is 109 cm³/mol. The van der Waals surface area contributed by atoms with E-state index in [0.717, 1.165) is 24.0 Å². The van der Waals surface area contributed by atoms with Gasteiger partial charge in [-0.05, 0) is 43.1 Å². The van der Waals surface area contributed by atoms with E-state index in [4.69, 9.17) is 18.6 Å². The molecule has 0 radical (unpaired) electrons. The van der Waals surface area contributed by atoms with E-state index >= 15 is 0 Å². The van der Waals surface area contributed by atoms with Crippen molar-refractivity contribution in [3.63, 3.8) is 0 Å². The van der Waals surface area contributed by atoms with Crippen LogP contribution in [-0.2, 0) is 24.4 Å². The highest BCUT2D eigenvalue weighted by atomic mass is 16.6. The SMILES string of the molecule is C=C1CC[C@H]2C3=C([C@H](OC(C)=O)C[C@]12C)[C@]1(C)c2c(coc2C3=O)C(=O)O[C@@H]1COC. The third kappa shape index (κ3) is 2.41. The fourth-order valence-corrected chi connectivity index (χ4v) is 6.41. The molecule has 31 heavy (non-hydrogen) atoms. The summed E-state index contributed by atoms with van der Waals surface area (Å²) in [7, 11) is 1.54. The van der Waals surface area contributed by atoms with Crippen molar-refractivity contribution in [3.05, 3.63) is 46.4 Å². The zero-order valence-electron chi connectivity index (χ0n) is 18.2. The Morgan fingerprint density at radius 2 is 2.06 bits per heavy atom. The Kier molecular flexibility index (Phi) is 4.19. The van der Waals surface area contributed by atoms with Gasteiger partial charge in [-0.2, -0.15) is 0 Å². The van der Waals surface area contributed by atoms with Crippen LogP contribution in [0, 0.1) is 11.3 Å². The summed E-state index contributed by atoms with van der Waals surface area (Å²) in [4.78, 5) is 38.5. The van der Waals surface area contributed by atoms with Gasteiger partial charge in [-0.1, -0.05) is 19.1 Å². The van der Waals surface area contributed by atoms with Crippen molar-refractivity contribution in [1.29, 1.82) is 0 Å². The third-order valence-electron chi connectivity index (χ3n) is 7.94. The van der Waals surface area contributed by atoms with Crippen LogP contribution in [0.4, 0.5) is 0 Å². The Hall–Kier alpha value is -2.67. The van der Waals surface area contributed by atoms with Crippen LogP contribution in [0.25, 0.3) is 0 Å². The summed E-state index contributed by atoms with van der Waals surface area (Å²) in [5.74, 6) is -1.08. The number of allylic oxidation sites excluding steroid dienone is 2. The number of ether oxygens (including phenoxy) is 3. The minimum atomic E-state index is -0.907. The van der Waals surface area contributed by atoms with E-state index in [1.165, 1.54) is 20.3 Å². The van der Waals surface area contributed by atoms with Crippen molar-refractivity contribution >= 4 is 17.7 Å². The van der Waals surface area contributed by atoms with Crippen LogP contribution in [-0.4, -0.2) is 43.6 Å². The number of rotatable bonds is 3. The van der Waals surface area contributed by atoms with Crippen molar-refractivity contribution in [2.24, 2.45) is 11.3 Å². The topological polar surface area (TPSA) is 92.0 Å². The maximum atomic E-state index is 13.8. The number of hydrogen-bond donors (Lipinski definition) is 0. The van der Waals surface area contributed by atoms with Crippen LogP contribution in [0.2, 0.25) is 0 Å². The monoisotopic (exact) mass is 426 g/mol. The number of furan rings is 1. The number of fused-ring (bicyclic) bond motifs is 3. The fraction of sp³-hybridized carbons (Fsp3) is 0.542. The van der Waals surface area contributed by atoms with Gasteiger partial charge in [-0.15, -0.1) is 0 Å². The first kappa shape index (κ1) is 20.2. The summed E-state index contributed by atoms with van der Waals surface area (Å²) >= 11 is 0. The molecule has 5 atom stereocenters. The van der Waals surface area contributed by atoms with Crippen LogP contribution in [0.5, 0.6) is 0 Å². The van der Waals surface area contributed by atoms with Gasteiger partial charge in [0, 0.05) is 25.2 Å². The summed E-state index contributed by atoms with van der Waals surface area (Å²) in [6, 6.07) is 0. The first-order valence-electron chi connectivity index (χ1n) is 10.6. The zero-order chi connectivity index (χ0) is 22.3. The summed E-state index contributed by atoms with van der Waals surface area (Å²) in [5.41, 5.74) is 1.90. The quantitative estimate of drug-likeness (QED) is 0.539. The van der Waals surface area contributed by atoms with Crippen molar-refractivity contribution < 1.29 is 33.0 Å². The molecule has 1 aromatic heterocycles. The third-order valence-corrected chi connectivity index (χ3v) is 7.94. The van der Waals surface area contributed by atoms with Crippen molar-refractivity contribution in [2.75, 3.05) is 13.7 Å². The number of carbonyl (C=O) groups is 3. The van der Waals surface area contributed by atoms with Gasteiger partial charge in [0.2, 0.25) is 5.78 Å².